The third kappa shape index (κ3) is 3.90. The summed E-state index contributed by atoms with van der Waals surface area (Å²) in [6, 6.07) is 17.8. The zero-order valence-corrected chi connectivity index (χ0v) is 14.9. The van der Waals surface area contributed by atoms with Gasteiger partial charge in [0.2, 0.25) is 0 Å². The van der Waals surface area contributed by atoms with Crippen LogP contribution in [0.3, 0.4) is 0 Å². The smallest absolute Gasteiger partial charge is 0.267 e. The van der Waals surface area contributed by atoms with Gasteiger partial charge in [-0.1, -0.05) is 61.2 Å². The maximum absolute atomic E-state index is 14.5. The maximum Gasteiger partial charge on any atom is 0.267 e. The molecule has 0 N–H and O–H groups in total. The topological polar surface area (TPSA) is 9.23 Å². The molecule has 0 unspecified atom stereocenters. The van der Waals surface area contributed by atoms with Gasteiger partial charge in [0.25, 0.3) is 6.43 Å². The van der Waals surface area contributed by atoms with Crippen LogP contribution in [-0.2, 0) is 0 Å². The number of ether oxygens (including phenoxy) is 1. The van der Waals surface area contributed by atoms with Gasteiger partial charge in [-0.25, -0.2) is 13.2 Å². The first kappa shape index (κ1) is 18.8. The first-order chi connectivity index (χ1) is 13.0. The minimum Gasteiger partial charge on any atom is -0.491 e. The largest absolute Gasteiger partial charge is 0.491 e. The van der Waals surface area contributed by atoms with Crippen LogP contribution in [0.25, 0.3) is 28.3 Å². The lowest BCUT2D eigenvalue weighted by atomic mass is 9.96. The lowest BCUT2D eigenvalue weighted by Crippen LogP contribution is -2.01. The van der Waals surface area contributed by atoms with E-state index in [1.165, 1.54) is 12.1 Å². The van der Waals surface area contributed by atoms with E-state index in [1.807, 2.05) is 36.4 Å². The third-order valence-corrected chi connectivity index (χ3v) is 4.34. The molecule has 138 valence electrons. The summed E-state index contributed by atoms with van der Waals surface area (Å²) in [4.78, 5) is 0. The Kier molecular flexibility index (Phi) is 5.65. The van der Waals surface area contributed by atoms with Crippen LogP contribution in [0.15, 0.2) is 67.2 Å². The standard InChI is InChI=1S/C23H19F3O/c1-3-15-5-7-16(8-6-15)17-9-11-18(12-10-17)19-13-14-20(27-4-2)22(24)21(19)23(25)26/h3,5-14,23H,1,4H2,2H3. The highest BCUT2D eigenvalue weighted by Crippen LogP contribution is 2.37. The Hall–Kier alpha value is -3.01. The van der Waals surface area contributed by atoms with Gasteiger partial charge in [0.05, 0.1) is 12.2 Å². The molecular formula is C23H19F3O. The highest BCUT2D eigenvalue weighted by molar-refractivity contribution is 5.73. The molecular weight excluding hydrogens is 349 g/mol. The van der Waals surface area contributed by atoms with Crippen LogP contribution in [0, 0.1) is 5.82 Å². The van der Waals surface area contributed by atoms with E-state index in [0.29, 0.717) is 5.56 Å². The van der Waals surface area contributed by atoms with E-state index in [2.05, 4.69) is 6.58 Å². The second kappa shape index (κ2) is 8.12. The summed E-state index contributed by atoms with van der Waals surface area (Å²) in [5, 5.41) is 0. The van der Waals surface area contributed by atoms with Crippen LogP contribution in [0.5, 0.6) is 5.75 Å². The molecule has 3 aromatic rings. The molecule has 0 radical (unpaired) electrons. The molecule has 4 heteroatoms. The lowest BCUT2D eigenvalue weighted by Gasteiger charge is -2.14. The van der Waals surface area contributed by atoms with Crippen molar-refractivity contribution in [3.8, 4) is 28.0 Å². The second-order valence-corrected chi connectivity index (χ2v) is 5.98. The molecule has 0 amide bonds. The van der Waals surface area contributed by atoms with E-state index in [1.54, 1.807) is 25.1 Å². The molecule has 0 saturated heterocycles. The van der Waals surface area contributed by atoms with E-state index >= 15 is 0 Å². The average Bonchev–Trinajstić information content (AvgIpc) is 2.69. The van der Waals surface area contributed by atoms with Gasteiger partial charge in [0, 0.05) is 0 Å². The molecule has 27 heavy (non-hydrogen) atoms. The van der Waals surface area contributed by atoms with Gasteiger partial charge in [0.1, 0.15) is 0 Å². The van der Waals surface area contributed by atoms with Gasteiger partial charge in [-0.3, -0.25) is 0 Å². The Bertz CT molecular complexity index is 929. The van der Waals surface area contributed by atoms with Crippen molar-refractivity contribution in [2.24, 2.45) is 0 Å². The highest BCUT2D eigenvalue weighted by Gasteiger charge is 2.23. The Labute approximate surface area is 156 Å². The molecule has 1 nitrogen and oxygen atoms in total. The number of benzene rings is 3. The third-order valence-electron chi connectivity index (χ3n) is 4.34. The number of hydrogen-bond donors (Lipinski definition) is 0. The Morgan fingerprint density at radius 2 is 1.44 bits per heavy atom. The number of alkyl halides is 2. The van der Waals surface area contributed by atoms with E-state index in [-0.39, 0.29) is 17.9 Å². The lowest BCUT2D eigenvalue weighted by molar-refractivity contribution is 0.145. The molecule has 3 aromatic carbocycles. The van der Waals surface area contributed by atoms with Crippen molar-refractivity contribution in [3.63, 3.8) is 0 Å². The number of hydrogen-bond acceptors (Lipinski definition) is 1. The molecule has 0 aliphatic carbocycles. The quantitative estimate of drug-likeness (QED) is 0.449. The zero-order chi connectivity index (χ0) is 19.4. The number of halogens is 3. The summed E-state index contributed by atoms with van der Waals surface area (Å²) in [5.41, 5.74) is 3.02. The van der Waals surface area contributed by atoms with Gasteiger partial charge in [-0.2, -0.15) is 0 Å². The minimum absolute atomic E-state index is 0.157. The van der Waals surface area contributed by atoms with Crippen molar-refractivity contribution < 1.29 is 17.9 Å². The van der Waals surface area contributed by atoms with Crippen LogP contribution in [0.4, 0.5) is 13.2 Å². The number of rotatable bonds is 6. The zero-order valence-electron chi connectivity index (χ0n) is 14.9. The Morgan fingerprint density at radius 1 is 0.889 bits per heavy atom. The summed E-state index contributed by atoms with van der Waals surface area (Å²) in [5.74, 6) is -1.16. The van der Waals surface area contributed by atoms with Crippen molar-refractivity contribution in [1.82, 2.24) is 0 Å². The molecule has 3 rings (SSSR count). The first-order valence-electron chi connectivity index (χ1n) is 8.61. The summed E-state index contributed by atoms with van der Waals surface area (Å²) in [6.07, 6.45) is -1.18. The van der Waals surface area contributed by atoms with E-state index in [9.17, 15) is 13.2 Å². The van der Waals surface area contributed by atoms with Crippen LogP contribution >= 0.6 is 0 Å². The van der Waals surface area contributed by atoms with Gasteiger partial charge in [0.15, 0.2) is 11.6 Å². The second-order valence-electron chi connectivity index (χ2n) is 5.98. The van der Waals surface area contributed by atoms with Crippen LogP contribution < -0.4 is 4.74 Å². The van der Waals surface area contributed by atoms with Crippen molar-refractivity contribution >= 4 is 6.08 Å². The molecule has 0 aliphatic heterocycles. The fourth-order valence-electron chi connectivity index (χ4n) is 2.96. The van der Waals surface area contributed by atoms with Gasteiger partial charge < -0.3 is 4.74 Å². The van der Waals surface area contributed by atoms with Crippen molar-refractivity contribution in [3.05, 3.63) is 84.2 Å². The summed E-state index contributed by atoms with van der Waals surface area (Å²) < 4.78 is 46.6. The molecule has 0 spiro atoms. The summed E-state index contributed by atoms with van der Waals surface area (Å²) in [6.45, 7) is 5.61. The predicted octanol–water partition coefficient (Wildman–Crippen LogP) is 7.14. The van der Waals surface area contributed by atoms with Gasteiger partial charge >= 0.3 is 0 Å². The van der Waals surface area contributed by atoms with Crippen LogP contribution in [0.1, 0.15) is 24.5 Å². The molecule has 0 aliphatic rings. The summed E-state index contributed by atoms with van der Waals surface area (Å²) in [7, 11) is 0. The van der Waals surface area contributed by atoms with Crippen LogP contribution in [0.2, 0.25) is 0 Å². The minimum atomic E-state index is -2.94. The van der Waals surface area contributed by atoms with E-state index in [0.717, 1.165) is 16.7 Å². The first-order valence-corrected chi connectivity index (χ1v) is 8.61. The Balaban J connectivity index is 1.99. The SMILES string of the molecule is C=Cc1ccc(-c2ccc(-c3ccc(OCC)c(F)c3C(F)F)cc2)cc1. The predicted molar refractivity (Wildman–Crippen MR) is 103 cm³/mol. The molecule has 0 saturated carbocycles. The van der Waals surface area contributed by atoms with Crippen molar-refractivity contribution in [1.29, 1.82) is 0 Å². The van der Waals surface area contributed by atoms with Crippen LogP contribution in [-0.4, -0.2) is 6.61 Å². The normalized spacial score (nSPS) is 10.9. The van der Waals surface area contributed by atoms with E-state index < -0.39 is 17.8 Å². The van der Waals surface area contributed by atoms with Gasteiger partial charge in [-0.15, -0.1) is 0 Å². The van der Waals surface area contributed by atoms with Crippen molar-refractivity contribution in [2.45, 2.75) is 13.3 Å². The Morgan fingerprint density at radius 3 is 1.96 bits per heavy atom. The molecule has 0 aromatic heterocycles. The fourth-order valence-corrected chi connectivity index (χ4v) is 2.96. The fraction of sp³-hybridized carbons (Fsp3) is 0.130. The van der Waals surface area contributed by atoms with Crippen molar-refractivity contribution in [2.75, 3.05) is 6.61 Å². The highest BCUT2D eigenvalue weighted by atomic mass is 19.3. The average molecular weight is 368 g/mol. The molecule has 0 atom stereocenters. The maximum atomic E-state index is 14.5. The van der Waals surface area contributed by atoms with Gasteiger partial charge in [-0.05, 0) is 46.9 Å². The molecule has 0 fully saturated rings. The summed E-state index contributed by atoms with van der Waals surface area (Å²) >= 11 is 0. The molecule has 0 bridgehead atoms. The monoisotopic (exact) mass is 368 g/mol. The molecule has 0 heterocycles. The van der Waals surface area contributed by atoms with E-state index in [4.69, 9.17) is 4.74 Å².